The number of anilines is 1. The minimum atomic E-state index is -0.569. The molecular weight excluding hydrogens is 340 g/mol. The minimum Gasteiger partial charge on any atom is -0.497 e. The Morgan fingerprint density at radius 3 is 3.04 bits per heavy atom. The third-order valence-electron chi connectivity index (χ3n) is 4.04. The predicted molar refractivity (Wildman–Crippen MR) is 90.7 cm³/mol. The molecular formula is C17H20N4O5. The van der Waals surface area contributed by atoms with Gasteiger partial charge in [0.05, 0.1) is 13.0 Å². The van der Waals surface area contributed by atoms with Gasteiger partial charge in [-0.2, -0.15) is 4.98 Å². The second kappa shape index (κ2) is 7.96. The van der Waals surface area contributed by atoms with Crippen molar-refractivity contribution < 1.29 is 23.6 Å². The molecule has 1 atom stereocenters. The molecule has 1 aromatic carbocycles. The molecule has 138 valence electrons. The first kappa shape index (κ1) is 17.9. The number of fused-ring (bicyclic) bond motifs is 1. The number of ether oxygens (including phenoxy) is 2. The van der Waals surface area contributed by atoms with E-state index in [1.54, 1.807) is 32.4 Å². The molecule has 2 amide bonds. The number of nitrogens with one attached hydrogen (secondary N) is 2. The van der Waals surface area contributed by atoms with Gasteiger partial charge in [0.1, 0.15) is 12.4 Å². The maximum atomic E-state index is 12.6. The molecule has 1 aromatic heterocycles. The summed E-state index contributed by atoms with van der Waals surface area (Å²) in [7, 11) is 3.10. The normalized spacial score (nSPS) is 15.9. The third kappa shape index (κ3) is 3.99. The van der Waals surface area contributed by atoms with Crippen molar-refractivity contribution in [2.75, 3.05) is 26.1 Å². The summed E-state index contributed by atoms with van der Waals surface area (Å²) in [5, 5.41) is 9.36. The molecule has 1 aliphatic heterocycles. The Morgan fingerprint density at radius 1 is 1.42 bits per heavy atom. The molecule has 0 bridgehead atoms. The molecule has 0 unspecified atom stereocenters. The Labute approximate surface area is 150 Å². The number of carbonyl (C=O) groups excluding carboxylic acids is 2. The lowest BCUT2D eigenvalue weighted by Crippen LogP contribution is -2.36. The molecule has 2 heterocycles. The fraction of sp³-hybridized carbons (Fsp3) is 0.412. The standard InChI is InChI=1S/C17H20N4O5/c1-24-9-14-20-16(26-21-14)5-6-18-17(23)12-8-15(22)19-13-4-3-10(25-2)7-11(12)13/h3-4,7,12H,5-6,8-9H2,1-2H3,(H,18,23)(H,19,22)/t12-/m0/s1. The van der Waals surface area contributed by atoms with Crippen LogP contribution in [0.1, 0.15) is 29.6 Å². The zero-order valence-electron chi connectivity index (χ0n) is 14.6. The minimum absolute atomic E-state index is 0.0878. The van der Waals surface area contributed by atoms with E-state index in [-0.39, 0.29) is 24.8 Å². The average Bonchev–Trinajstić information content (AvgIpc) is 3.08. The number of amides is 2. The molecule has 2 aromatic rings. The lowest BCUT2D eigenvalue weighted by molar-refractivity contribution is -0.126. The second-order valence-electron chi connectivity index (χ2n) is 5.84. The summed E-state index contributed by atoms with van der Waals surface area (Å²) >= 11 is 0. The number of benzene rings is 1. The number of hydrogen-bond acceptors (Lipinski definition) is 7. The van der Waals surface area contributed by atoms with Crippen molar-refractivity contribution in [3.8, 4) is 5.75 Å². The highest BCUT2D eigenvalue weighted by Crippen LogP contribution is 2.34. The highest BCUT2D eigenvalue weighted by molar-refractivity contribution is 6.01. The molecule has 0 aliphatic carbocycles. The molecule has 0 saturated carbocycles. The Balaban J connectivity index is 1.63. The molecule has 0 radical (unpaired) electrons. The molecule has 3 rings (SSSR count). The Morgan fingerprint density at radius 2 is 2.27 bits per heavy atom. The first-order chi connectivity index (χ1) is 12.6. The van der Waals surface area contributed by atoms with Gasteiger partial charge in [0.2, 0.25) is 17.7 Å². The Kier molecular flexibility index (Phi) is 5.47. The largest absolute Gasteiger partial charge is 0.497 e. The maximum absolute atomic E-state index is 12.6. The van der Waals surface area contributed by atoms with Crippen LogP contribution in [0, 0.1) is 0 Å². The van der Waals surface area contributed by atoms with Gasteiger partial charge in [-0.1, -0.05) is 5.16 Å². The summed E-state index contributed by atoms with van der Waals surface area (Å²) in [5.74, 6) is 0.518. The van der Waals surface area contributed by atoms with Crippen LogP contribution in [0.5, 0.6) is 5.75 Å². The van der Waals surface area contributed by atoms with E-state index in [4.69, 9.17) is 14.0 Å². The number of methoxy groups -OCH3 is 2. The van der Waals surface area contributed by atoms with Gasteiger partial charge >= 0.3 is 0 Å². The van der Waals surface area contributed by atoms with Gasteiger partial charge in [-0.25, -0.2) is 0 Å². The SMILES string of the molecule is COCc1noc(CCNC(=O)[C@H]2CC(=O)Nc3ccc(OC)cc32)n1. The number of carbonyl (C=O) groups is 2. The van der Waals surface area contributed by atoms with E-state index < -0.39 is 5.92 Å². The monoisotopic (exact) mass is 360 g/mol. The van der Waals surface area contributed by atoms with Crippen molar-refractivity contribution in [2.45, 2.75) is 25.4 Å². The van der Waals surface area contributed by atoms with Gasteiger partial charge in [0, 0.05) is 32.2 Å². The molecule has 0 spiro atoms. The summed E-state index contributed by atoms with van der Waals surface area (Å²) in [4.78, 5) is 28.6. The second-order valence-corrected chi connectivity index (χ2v) is 5.84. The highest BCUT2D eigenvalue weighted by atomic mass is 16.5. The van der Waals surface area contributed by atoms with Gasteiger partial charge in [0.25, 0.3) is 0 Å². The molecule has 9 heteroatoms. The average molecular weight is 360 g/mol. The lowest BCUT2D eigenvalue weighted by Gasteiger charge is -2.25. The molecule has 0 fully saturated rings. The van der Waals surface area contributed by atoms with Crippen molar-refractivity contribution in [1.29, 1.82) is 0 Å². The van der Waals surface area contributed by atoms with Crippen LogP contribution in [-0.2, 0) is 27.4 Å². The van der Waals surface area contributed by atoms with Crippen molar-refractivity contribution >= 4 is 17.5 Å². The smallest absolute Gasteiger partial charge is 0.228 e. The van der Waals surface area contributed by atoms with Crippen molar-refractivity contribution in [3.63, 3.8) is 0 Å². The van der Waals surface area contributed by atoms with E-state index in [0.717, 1.165) is 5.56 Å². The number of hydrogen-bond donors (Lipinski definition) is 2. The number of aromatic nitrogens is 2. The van der Waals surface area contributed by atoms with Crippen LogP contribution >= 0.6 is 0 Å². The molecule has 2 N–H and O–H groups in total. The van der Waals surface area contributed by atoms with Gasteiger partial charge in [-0.3, -0.25) is 9.59 Å². The zero-order chi connectivity index (χ0) is 18.5. The van der Waals surface area contributed by atoms with Crippen LogP contribution in [0.15, 0.2) is 22.7 Å². The van der Waals surface area contributed by atoms with Crippen LogP contribution < -0.4 is 15.4 Å². The molecule has 0 saturated heterocycles. The zero-order valence-corrected chi connectivity index (χ0v) is 14.6. The summed E-state index contributed by atoms with van der Waals surface area (Å²) in [6, 6.07) is 5.25. The first-order valence-electron chi connectivity index (χ1n) is 8.16. The quantitative estimate of drug-likeness (QED) is 0.757. The van der Waals surface area contributed by atoms with E-state index in [2.05, 4.69) is 20.8 Å². The molecule has 9 nitrogen and oxygen atoms in total. The van der Waals surface area contributed by atoms with Crippen LogP contribution in [0.2, 0.25) is 0 Å². The van der Waals surface area contributed by atoms with E-state index in [9.17, 15) is 9.59 Å². The third-order valence-corrected chi connectivity index (χ3v) is 4.04. The summed E-state index contributed by atoms with van der Waals surface area (Å²) in [6.45, 7) is 0.594. The van der Waals surface area contributed by atoms with E-state index in [1.165, 1.54) is 0 Å². The van der Waals surface area contributed by atoms with Crippen molar-refractivity contribution in [2.24, 2.45) is 0 Å². The predicted octanol–water partition coefficient (Wildman–Crippen LogP) is 1.01. The van der Waals surface area contributed by atoms with Crippen LogP contribution in [0.25, 0.3) is 0 Å². The van der Waals surface area contributed by atoms with Crippen molar-refractivity contribution in [3.05, 3.63) is 35.5 Å². The Hall–Kier alpha value is -2.94. The Bertz CT molecular complexity index is 804. The van der Waals surface area contributed by atoms with Crippen LogP contribution in [0.3, 0.4) is 0 Å². The van der Waals surface area contributed by atoms with E-state index in [1.807, 2.05) is 0 Å². The van der Waals surface area contributed by atoms with Gasteiger partial charge in [-0.05, 0) is 23.8 Å². The first-order valence-corrected chi connectivity index (χ1v) is 8.16. The van der Waals surface area contributed by atoms with Gasteiger partial charge in [-0.15, -0.1) is 0 Å². The van der Waals surface area contributed by atoms with Crippen LogP contribution in [-0.4, -0.2) is 42.7 Å². The summed E-state index contributed by atoms with van der Waals surface area (Å²) < 4.78 is 15.2. The summed E-state index contributed by atoms with van der Waals surface area (Å²) in [5.41, 5.74) is 1.37. The fourth-order valence-corrected chi connectivity index (χ4v) is 2.80. The topological polar surface area (TPSA) is 116 Å². The fourth-order valence-electron chi connectivity index (χ4n) is 2.80. The maximum Gasteiger partial charge on any atom is 0.228 e. The van der Waals surface area contributed by atoms with Crippen molar-refractivity contribution in [1.82, 2.24) is 15.5 Å². The van der Waals surface area contributed by atoms with Gasteiger partial charge < -0.3 is 24.6 Å². The lowest BCUT2D eigenvalue weighted by atomic mass is 9.89. The van der Waals surface area contributed by atoms with E-state index in [0.29, 0.717) is 36.1 Å². The van der Waals surface area contributed by atoms with E-state index >= 15 is 0 Å². The molecule has 1 aliphatic rings. The summed E-state index contributed by atoms with van der Waals surface area (Å²) in [6.07, 6.45) is 0.483. The van der Waals surface area contributed by atoms with Gasteiger partial charge in [0.15, 0.2) is 5.82 Å². The number of nitrogens with zero attached hydrogens (tertiary/aromatic N) is 2. The number of rotatable bonds is 7. The van der Waals surface area contributed by atoms with Crippen LogP contribution in [0.4, 0.5) is 5.69 Å². The molecule has 26 heavy (non-hydrogen) atoms. The highest BCUT2D eigenvalue weighted by Gasteiger charge is 2.31.